The summed E-state index contributed by atoms with van der Waals surface area (Å²) in [5, 5.41) is 3.42. The van der Waals surface area contributed by atoms with Gasteiger partial charge in [-0.1, -0.05) is 72.3 Å². The minimum absolute atomic E-state index is 0.203. The molecule has 0 saturated carbocycles. The predicted octanol–water partition coefficient (Wildman–Crippen LogP) is 6.69. The van der Waals surface area contributed by atoms with Crippen LogP contribution in [0.1, 0.15) is 56.9 Å². The summed E-state index contributed by atoms with van der Waals surface area (Å²) in [7, 11) is 0. The zero-order chi connectivity index (χ0) is 27.1. The van der Waals surface area contributed by atoms with Gasteiger partial charge in [-0.2, -0.15) is 0 Å². The molecule has 3 amide bonds. The molecule has 4 aromatic carbocycles. The minimum Gasteiger partial charge on any atom is -0.322 e. The number of carbonyl (C=O) groups excluding carboxylic acids is 3. The fourth-order valence-electron chi connectivity index (χ4n) is 7.07. The minimum atomic E-state index is -0.930. The number of benzene rings is 4. The van der Waals surface area contributed by atoms with E-state index in [4.69, 9.17) is 11.6 Å². The van der Waals surface area contributed by atoms with E-state index in [0.29, 0.717) is 22.0 Å². The SMILES string of the molecule is Cc1ccc(Cl)cc1NC(=O)c1cccc(N2C(=O)[C@H]3C4c5ccccc5C(c5ccccc54)[C@]3(C)C2=O)c1. The fourth-order valence-corrected chi connectivity index (χ4v) is 7.24. The number of nitrogens with one attached hydrogen (secondary N) is 1. The largest absolute Gasteiger partial charge is 0.322 e. The smallest absolute Gasteiger partial charge is 0.255 e. The van der Waals surface area contributed by atoms with Gasteiger partial charge in [-0.15, -0.1) is 0 Å². The van der Waals surface area contributed by atoms with E-state index in [1.165, 1.54) is 4.90 Å². The standard InChI is InChI=1S/C33H25ClN2O3/c1-18-14-15-20(34)17-26(18)35-30(37)19-8-7-9-21(16-19)36-31(38)29-27-22-10-3-5-12-24(22)28(33(29,2)32(36)39)25-13-6-4-11-23(25)27/h3-17,27-29H,1-2H3,(H,35,37)/t27?,28?,29-,33+/m1/s1. The second kappa shape index (κ2) is 8.39. The van der Waals surface area contributed by atoms with Gasteiger partial charge in [0.2, 0.25) is 11.8 Å². The third kappa shape index (κ3) is 3.23. The van der Waals surface area contributed by atoms with Crippen LogP contribution in [-0.4, -0.2) is 17.7 Å². The lowest BCUT2D eigenvalue weighted by atomic mass is 9.48. The van der Waals surface area contributed by atoms with Gasteiger partial charge >= 0.3 is 0 Å². The first-order valence-corrected chi connectivity index (χ1v) is 13.4. The van der Waals surface area contributed by atoms with Crippen LogP contribution in [0.5, 0.6) is 0 Å². The monoisotopic (exact) mass is 532 g/mol. The number of imide groups is 1. The maximum atomic E-state index is 14.3. The molecule has 0 unspecified atom stereocenters. The lowest BCUT2D eigenvalue weighted by Gasteiger charge is -2.51. The molecule has 2 bridgehead atoms. The Bertz CT molecular complexity index is 1680. The van der Waals surface area contributed by atoms with Gasteiger partial charge < -0.3 is 5.32 Å². The quantitative estimate of drug-likeness (QED) is 0.299. The van der Waals surface area contributed by atoms with Gasteiger partial charge in [-0.05, 0) is 72.0 Å². The van der Waals surface area contributed by atoms with Crippen molar-refractivity contribution in [3.05, 3.63) is 129 Å². The molecule has 0 radical (unpaired) electrons. The average Bonchev–Trinajstić information content (AvgIpc) is 3.15. The zero-order valence-electron chi connectivity index (χ0n) is 21.4. The van der Waals surface area contributed by atoms with Crippen LogP contribution in [0.25, 0.3) is 0 Å². The van der Waals surface area contributed by atoms with Crippen molar-refractivity contribution < 1.29 is 14.4 Å². The summed E-state index contributed by atoms with van der Waals surface area (Å²) >= 11 is 6.13. The van der Waals surface area contributed by atoms with E-state index < -0.39 is 11.3 Å². The van der Waals surface area contributed by atoms with Crippen LogP contribution >= 0.6 is 11.6 Å². The molecular weight excluding hydrogens is 508 g/mol. The zero-order valence-corrected chi connectivity index (χ0v) is 22.2. The number of carbonyl (C=O) groups is 3. The molecule has 8 rings (SSSR count). The molecule has 2 atom stereocenters. The van der Waals surface area contributed by atoms with E-state index in [1.807, 2.05) is 44.2 Å². The Morgan fingerprint density at radius 1 is 0.846 bits per heavy atom. The maximum Gasteiger partial charge on any atom is 0.255 e. The number of halogens is 1. The molecular formula is C33H25ClN2O3. The first-order chi connectivity index (χ1) is 18.8. The van der Waals surface area contributed by atoms with Crippen LogP contribution < -0.4 is 10.2 Å². The second-order valence-corrected chi connectivity index (χ2v) is 11.3. The highest BCUT2D eigenvalue weighted by atomic mass is 35.5. The number of rotatable bonds is 3. The van der Waals surface area contributed by atoms with E-state index in [1.54, 1.807) is 36.4 Å². The van der Waals surface area contributed by atoms with E-state index in [2.05, 4.69) is 29.6 Å². The van der Waals surface area contributed by atoms with Crippen molar-refractivity contribution in [1.82, 2.24) is 0 Å². The summed E-state index contributed by atoms with van der Waals surface area (Å²) in [6.07, 6.45) is 0. The van der Waals surface area contributed by atoms with Crippen molar-refractivity contribution in [2.75, 3.05) is 10.2 Å². The van der Waals surface area contributed by atoms with Gasteiger partial charge in [0.1, 0.15) is 0 Å². The number of nitrogens with zero attached hydrogens (tertiary/aromatic N) is 1. The maximum absolute atomic E-state index is 14.3. The summed E-state index contributed by atoms with van der Waals surface area (Å²) in [4.78, 5) is 43.0. The predicted molar refractivity (Wildman–Crippen MR) is 151 cm³/mol. The first-order valence-electron chi connectivity index (χ1n) is 13.0. The number of hydrogen-bond donors (Lipinski definition) is 1. The highest BCUT2D eigenvalue weighted by Crippen LogP contribution is 2.67. The fraction of sp³-hybridized carbons (Fsp3) is 0.182. The second-order valence-electron chi connectivity index (χ2n) is 10.9. The van der Waals surface area contributed by atoms with Gasteiger partial charge in [0.25, 0.3) is 5.91 Å². The van der Waals surface area contributed by atoms with Crippen LogP contribution in [0.3, 0.4) is 0 Å². The molecule has 1 N–H and O–H groups in total. The summed E-state index contributed by atoms with van der Waals surface area (Å²) in [5.74, 6) is -1.73. The number of anilines is 2. The van der Waals surface area contributed by atoms with Crippen LogP contribution in [0.4, 0.5) is 11.4 Å². The lowest BCUT2D eigenvalue weighted by Crippen LogP contribution is -2.49. The lowest BCUT2D eigenvalue weighted by molar-refractivity contribution is -0.128. The highest BCUT2D eigenvalue weighted by Gasteiger charge is 2.68. The van der Waals surface area contributed by atoms with Crippen molar-refractivity contribution in [2.24, 2.45) is 11.3 Å². The van der Waals surface area contributed by atoms with Gasteiger partial charge in [0.05, 0.1) is 17.0 Å². The van der Waals surface area contributed by atoms with Gasteiger partial charge in [0.15, 0.2) is 0 Å². The number of aryl methyl sites for hydroxylation is 1. The van der Waals surface area contributed by atoms with Crippen molar-refractivity contribution in [2.45, 2.75) is 25.7 Å². The Morgan fingerprint density at radius 3 is 2.15 bits per heavy atom. The molecule has 1 saturated heterocycles. The summed E-state index contributed by atoms with van der Waals surface area (Å²) in [6, 6.07) is 28.4. The van der Waals surface area contributed by atoms with E-state index in [9.17, 15) is 14.4 Å². The summed E-state index contributed by atoms with van der Waals surface area (Å²) in [5.41, 5.74) is 5.79. The molecule has 6 heteroatoms. The van der Waals surface area contributed by atoms with E-state index in [-0.39, 0.29) is 29.6 Å². The Kier molecular flexibility index (Phi) is 5.13. The Morgan fingerprint density at radius 2 is 1.49 bits per heavy atom. The van der Waals surface area contributed by atoms with E-state index in [0.717, 1.165) is 27.8 Å². The highest BCUT2D eigenvalue weighted by molar-refractivity contribution is 6.31. The number of amides is 3. The normalized spacial score (nSPS) is 24.3. The van der Waals surface area contributed by atoms with Gasteiger partial charge in [-0.3, -0.25) is 14.4 Å². The average molecular weight is 533 g/mol. The van der Waals surface area contributed by atoms with Crippen molar-refractivity contribution in [3.8, 4) is 0 Å². The molecule has 39 heavy (non-hydrogen) atoms. The Balaban J connectivity index is 1.29. The van der Waals surface area contributed by atoms with Crippen molar-refractivity contribution >= 4 is 40.7 Å². The van der Waals surface area contributed by atoms with Gasteiger partial charge in [0, 0.05) is 28.1 Å². The molecule has 1 fully saturated rings. The van der Waals surface area contributed by atoms with Crippen LogP contribution in [0.15, 0.2) is 91.0 Å². The Hall–Kier alpha value is -4.22. The van der Waals surface area contributed by atoms with E-state index >= 15 is 0 Å². The molecule has 192 valence electrons. The van der Waals surface area contributed by atoms with Crippen LogP contribution in [-0.2, 0) is 9.59 Å². The third-order valence-electron chi connectivity index (χ3n) is 8.83. The molecule has 0 spiro atoms. The summed E-state index contributed by atoms with van der Waals surface area (Å²) < 4.78 is 0. The molecule has 1 aliphatic heterocycles. The molecule has 1 heterocycles. The molecule has 0 aromatic heterocycles. The summed E-state index contributed by atoms with van der Waals surface area (Å²) in [6.45, 7) is 3.83. The first kappa shape index (κ1) is 23.9. The molecule has 5 nitrogen and oxygen atoms in total. The molecule has 4 aliphatic rings. The third-order valence-corrected chi connectivity index (χ3v) is 9.06. The van der Waals surface area contributed by atoms with Crippen molar-refractivity contribution in [1.29, 1.82) is 0 Å². The van der Waals surface area contributed by atoms with Gasteiger partial charge in [-0.25, -0.2) is 4.90 Å². The molecule has 3 aliphatic carbocycles. The Labute approximate surface area is 231 Å². The topological polar surface area (TPSA) is 66.5 Å². The molecule has 4 aromatic rings. The van der Waals surface area contributed by atoms with Crippen LogP contribution in [0, 0.1) is 18.3 Å². The van der Waals surface area contributed by atoms with Crippen molar-refractivity contribution in [3.63, 3.8) is 0 Å². The number of hydrogen-bond acceptors (Lipinski definition) is 3. The van der Waals surface area contributed by atoms with Crippen LogP contribution in [0.2, 0.25) is 5.02 Å².